The van der Waals surface area contributed by atoms with Gasteiger partial charge in [0.05, 0.1) is 29.2 Å². The van der Waals surface area contributed by atoms with Crippen LogP contribution in [0.2, 0.25) is 0 Å². The number of fused-ring (bicyclic) bond motifs is 1. The second-order valence-electron chi connectivity index (χ2n) is 21.3. The molecule has 3 amide bonds. The van der Waals surface area contributed by atoms with Crippen molar-refractivity contribution >= 4 is 28.8 Å². The first-order valence-electron chi connectivity index (χ1n) is 24.5. The smallest absolute Gasteiger partial charge is 0.395 e. The van der Waals surface area contributed by atoms with Crippen LogP contribution >= 0.6 is 0 Å². The lowest BCUT2D eigenvalue weighted by Crippen LogP contribution is -2.50. The van der Waals surface area contributed by atoms with Gasteiger partial charge in [0.25, 0.3) is 5.91 Å². The zero-order valence-electron chi connectivity index (χ0n) is 40.6. The normalized spacial score (nSPS) is 24.1. The number of amides is 3. The molecule has 8 rings (SSSR count). The molecule has 1 saturated carbocycles. The molecule has 4 aliphatic rings. The number of imide groups is 1. The Labute approximate surface area is 398 Å². The summed E-state index contributed by atoms with van der Waals surface area (Å²) in [4.78, 5) is 57.6. The number of alkyl halides is 3. The van der Waals surface area contributed by atoms with Crippen LogP contribution in [0.1, 0.15) is 124 Å². The number of hydrogen-bond acceptors (Lipinski definition) is 8. The van der Waals surface area contributed by atoms with Crippen molar-refractivity contribution in [1.82, 2.24) is 29.2 Å². The van der Waals surface area contributed by atoms with E-state index in [1.165, 1.54) is 34.1 Å². The molecular formula is C53H69F3N6O6. The SMILES string of the molecule is COc1ccc([C@]2(CCN(Cc3ccc(C4CCC(CN5CCN(C(=O)c6ccc7c(c6)n(C)c(=O)n7C6CCC(=O)NC6=O)CC5)CC4)cc3)CC(C)(C)C(F)(F)F)CCOC(C)(C)C2)cc1. The minimum atomic E-state index is -4.34. The number of hydrogen-bond donors (Lipinski definition) is 1. The number of ether oxygens (including phenoxy) is 2. The van der Waals surface area contributed by atoms with Crippen molar-refractivity contribution in [1.29, 1.82) is 0 Å². The summed E-state index contributed by atoms with van der Waals surface area (Å²) < 4.78 is 57.6. The monoisotopic (exact) mass is 943 g/mol. The largest absolute Gasteiger partial charge is 0.497 e. The van der Waals surface area contributed by atoms with Gasteiger partial charge in [-0.2, -0.15) is 13.2 Å². The van der Waals surface area contributed by atoms with Gasteiger partial charge in [0.15, 0.2) is 0 Å². The number of carbonyl (C=O) groups is 3. The topological polar surface area (TPSA) is 118 Å². The third kappa shape index (κ3) is 10.7. The predicted octanol–water partition coefficient (Wildman–Crippen LogP) is 8.37. The molecule has 0 bridgehead atoms. The third-order valence-corrected chi connectivity index (χ3v) is 15.6. The summed E-state index contributed by atoms with van der Waals surface area (Å²) in [6.45, 7) is 12.0. The fraction of sp³-hybridized carbons (Fsp3) is 0.585. The van der Waals surface area contributed by atoms with Gasteiger partial charge >= 0.3 is 11.9 Å². The Morgan fingerprint density at radius 2 is 1.59 bits per heavy atom. The van der Waals surface area contributed by atoms with Crippen LogP contribution in [0.3, 0.4) is 0 Å². The van der Waals surface area contributed by atoms with E-state index in [4.69, 9.17) is 9.47 Å². The first-order valence-corrected chi connectivity index (χ1v) is 24.5. The van der Waals surface area contributed by atoms with E-state index in [0.717, 1.165) is 69.5 Å². The number of aryl methyl sites for hydroxylation is 1. The Kier molecular flexibility index (Phi) is 14.4. The van der Waals surface area contributed by atoms with E-state index in [9.17, 15) is 32.3 Å². The average molecular weight is 943 g/mol. The van der Waals surface area contributed by atoms with Gasteiger partial charge < -0.3 is 14.4 Å². The van der Waals surface area contributed by atoms with E-state index in [1.807, 2.05) is 21.9 Å². The summed E-state index contributed by atoms with van der Waals surface area (Å²) in [7, 11) is 3.27. The van der Waals surface area contributed by atoms with Crippen molar-refractivity contribution in [3.63, 3.8) is 0 Å². The van der Waals surface area contributed by atoms with Crippen molar-refractivity contribution in [3.8, 4) is 5.75 Å². The van der Waals surface area contributed by atoms with Gasteiger partial charge in [-0.15, -0.1) is 0 Å². The molecule has 15 heteroatoms. The number of imidazole rings is 1. The van der Waals surface area contributed by atoms with Gasteiger partial charge in [-0.05, 0) is 144 Å². The summed E-state index contributed by atoms with van der Waals surface area (Å²) in [6.07, 6.45) is 2.73. The minimum absolute atomic E-state index is 0.0886. The summed E-state index contributed by atoms with van der Waals surface area (Å²) in [5.74, 6) is 0.850. The second-order valence-corrected chi connectivity index (χ2v) is 21.3. The molecule has 68 heavy (non-hydrogen) atoms. The summed E-state index contributed by atoms with van der Waals surface area (Å²) in [5, 5.41) is 2.33. The van der Waals surface area contributed by atoms with Crippen LogP contribution in [0.25, 0.3) is 11.0 Å². The van der Waals surface area contributed by atoms with E-state index in [2.05, 4.69) is 60.5 Å². The highest BCUT2D eigenvalue weighted by Crippen LogP contribution is 2.46. The van der Waals surface area contributed by atoms with Gasteiger partial charge in [-0.3, -0.25) is 38.6 Å². The highest BCUT2D eigenvalue weighted by Gasteiger charge is 2.49. The lowest BCUT2D eigenvalue weighted by atomic mass is 9.67. The van der Waals surface area contributed by atoms with Crippen molar-refractivity contribution in [2.24, 2.45) is 18.4 Å². The summed E-state index contributed by atoms with van der Waals surface area (Å²) in [5.41, 5.74) is 2.22. The van der Waals surface area contributed by atoms with Crippen LogP contribution in [-0.4, -0.2) is 113 Å². The maximum Gasteiger partial charge on any atom is 0.395 e. The molecule has 3 saturated heterocycles. The Bertz CT molecular complexity index is 2500. The van der Waals surface area contributed by atoms with Crippen LogP contribution in [0.15, 0.2) is 71.5 Å². The number of benzene rings is 3. The number of carbonyl (C=O) groups excluding carboxylic acids is 3. The standard InChI is InChI=1S/C53H69F3N6O6/c1-50(2,53(54,55)56)35-60(25-23-52(24-30-68-51(3,4)34-52)41-16-18-42(67-6)19-17-41)33-37-9-13-39(14-10-37)38-11-7-36(8-12-38)32-59-26-28-61(29-27-59)48(65)40-15-20-43-45(31-40)58(5)49(66)62(43)44-21-22-46(63)57-47(44)64/h9-10,13-20,31,36,38,44H,7-8,11-12,21-30,32-35H2,1-6H3,(H,57,63,64)/t36?,38?,44?,52-/m1/s1. The summed E-state index contributed by atoms with van der Waals surface area (Å²) in [6, 6.07) is 21.1. The number of aromatic nitrogens is 2. The quantitative estimate of drug-likeness (QED) is 0.126. The van der Waals surface area contributed by atoms with E-state index >= 15 is 0 Å². The van der Waals surface area contributed by atoms with E-state index < -0.39 is 23.5 Å². The van der Waals surface area contributed by atoms with Gasteiger partial charge in [0.2, 0.25) is 11.8 Å². The molecule has 0 spiro atoms. The molecule has 1 aliphatic carbocycles. The van der Waals surface area contributed by atoms with E-state index in [0.29, 0.717) is 67.6 Å². The highest BCUT2D eigenvalue weighted by molar-refractivity contribution is 6.01. The van der Waals surface area contributed by atoms with Crippen LogP contribution in [-0.2, 0) is 33.3 Å². The van der Waals surface area contributed by atoms with Crippen LogP contribution in [0.5, 0.6) is 5.75 Å². The molecule has 1 N–H and O–H groups in total. The number of halogens is 3. The van der Waals surface area contributed by atoms with Crippen molar-refractivity contribution in [2.75, 3.05) is 59.5 Å². The third-order valence-electron chi connectivity index (χ3n) is 15.6. The van der Waals surface area contributed by atoms with Crippen LogP contribution in [0.4, 0.5) is 13.2 Å². The lowest BCUT2D eigenvalue weighted by molar-refractivity contribution is -0.217. The molecule has 4 aromatic rings. The molecule has 3 aromatic carbocycles. The number of nitrogens with one attached hydrogen (secondary N) is 1. The molecule has 1 aromatic heterocycles. The first kappa shape index (κ1) is 49.4. The predicted molar refractivity (Wildman–Crippen MR) is 256 cm³/mol. The summed E-state index contributed by atoms with van der Waals surface area (Å²) >= 11 is 0. The minimum Gasteiger partial charge on any atom is -0.497 e. The Morgan fingerprint density at radius 1 is 0.897 bits per heavy atom. The Morgan fingerprint density at radius 3 is 2.22 bits per heavy atom. The number of piperidine rings is 1. The molecule has 12 nitrogen and oxygen atoms in total. The Hall–Kier alpha value is -4.99. The number of methoxy groups -OCH3 is 1. The van der Waals surface area contributed by atoms with Crippen molar-refractivity contribution in [2.45, 2.75) is 121 Å². The Balaban J connectivity index is 0.842. The lowest BCUT2D eigenvalue weighted by Gasteiger charge is -2.46. The number of nitrogens with zero attached hydrogens (tertiary/aromatic N) is 5. The van der Waals surface area contributed by atoms with Crippen LogP contribution in [0, 0.1) is 11.3 Å². The first-order chi connectivity index (χ1) is 32.2. The van der Waals surface area contributed by atoms with Crippen molar-refractivity contribution < 1.29 is 37.0 Å². The average Bonchev–Trinajstić information content (AvgIpc) is 3.55. The zero-order chi connectivity index (χ0) is 48.6. The van der Waals surface area contributed by atoms with Gasteiger partial charge in [0.1, 0.15) is 11.8 Å². The molecular weight excluding hydrogens is 874 g/mol. The molecule has 2 atom stereocenters. The molecule has 1 unspecified atom stereocenters. The maximum atomic E-state index is 14.4. The molecule has 0 radical (unpaired) electrons. The zero-order valence-corrected chi connectivity index (χ0v) is 40.6. The van der Waals surface area contributed by atoms with Gasteiger partial charge in [-0.1, -0.05) is 36.4 Å². The van der Waals surface area contributed by atoms with E-state index in [-0.39, 0.29) is 47.9 Å². The maximum absolute atomic E-state index is 14.4. The van der Waals surface area contributed by atoms with Gasteiger partial charge in [-0.25, -0.2) is 4.79 Å². The van der Waals surface area contributed by atoms with E-state index in [1.54, 1.807) is 32.4 Å². The number of piperazine rings is 1. The second kappa shape index (κ2) is 19.8. The number of rotatable bonds is 14. The molecule has 4 heterocycles. The molecule has 4 fully saturated rings. The molecule has 368 valence electrons. The van der Waals surface area contributed by atoms with Crippen molar-refractivity contribution in [3.05, 3.63) is 99.5 Å². The van der Waals surface area contributed by atoms with Crippen LogP contribution < -0.4 is 15.7 Å². The fourth-order valence-corrected chi connectivity index (χ4v) is 11.5. The van der Waals surface area contributed by atoms with Gasteiger partial charge in [0, 0.05) is 76.9 Å². The fourth-order valence-electron chi connectivity index (χ4n) is 11.5. The highest BCUT2D eigenvalue weighted by atomic mass is 19.4. The molecule has 3 aliphatic heterocycles.